The Morgan fingerprint density at radius 3 is 2.62 bits per heavy atom. The summed E-state index contributed by atoms with van der Waals surface area (Å²) in [6.45, 7) is 1.96. The maximum atomic E-state index is 13.2. The summed E-state index contributed by atoms with van der Waals surface area (Å²) in [6, 6.07) is 3.38. The average molecular weight is 247 g/mol. The number of anilines is 1. The number of rotatable bonds is 2. The summed E-state index contributed by atoms with van der Waals surface area (Å²) in [5.41, 5.74) is 6.49. The van der Waals surface area contributed by atoms with Crippen LogP contribution in [0.25, 0.3) is 0 Å². The lowest BCUT2D eigenvalue weighted by atomic mass is 10.1. The lowest BCUT2D eigenvalue weighted by molar-refractivity contribution is 0.611. The quantitative estimate of drug-likeness (QED) is 0.788. The molecule has 0 aliphatic heterocycles. The molecule has 3 N–H and O–H groups in total. The first-order chi connectivity index (χ1) is 6.06. The molecule has 0 fully saturated rings. The van der Waals surface area contributed by atoms with Crippen LogP contribution < -0.4 is 11.1 Å². The van der Waals surface area contributed by atoms with E-state index in [0.717, 1.165) is 5.56 Å². The third-order valence-corrected chi connectivity index (χ3v) is 2.69. The summed E-state index contributed by atoms with van der Waals surface area (Å²) in [7, 11) is 1.83. The van der Waals surface area contributed by atoms with Crippen LogP contribution in [-0.2, 0) is 0 Å². The molecule has 13 heavy (non-hydrogen) atoms. The van der Waals surface area contributed by atoms with Gasteiger partial charge in [0.05, 0.1) is 5.69 Å². The maximum absolute atomic E-state index is 13.2. The minimum absolute atomic E-state index is 0.117. The summed E-state index contributed by atoms with van der Waals surface area (Å²) < 4.78 is 13.8. The van der Waals surface area contributed by atoms with Crippen molar-refractivity contribution >= 4 is 21.6 Å². The normalized spacial score (nSPS) is 12.9. The van der Waals surface area contributed by atoms with Crippen LogP contribution in [0.2, 0.25) is 0 Å². The molecule has 0 amide bonds. The second kappa shape index (κ2) is 4.07. The second-order valence-electron chi connectivity index (χ2n) is 2.91. The fraction of sp³-hybridized carbons (Fsp3) is 0.333. The molecule has 0 saturated carbocycles. The number of nitrogens with one attached hydrogen (secondary N) is 1. The number of nitrogen functional groups attached to an aromatic ring is 1. The van der Waals surface area contributed by atoms with E-state index >= 15 is 0 Å². The van der Waals surface area contributed by atoms with E-state index in [9.17, 15) is 4.39 Å². The molecule has 1 aromatic carbocycles. The van der Waals surface area contributed by atoms with Crippen molar-refractivity contribution in [3.8, 4) is 0 Å². The number of hydrogen-bond donors (Lipinski definition) is 2. The number of benzene rings is 1. The molecular weight excluding hydrogens is 235 g/mol. The minimum atomic E-state index is -0.383. The van der Waals surface area contributed by atoms with E-state index in [-0.39, 0.29) is 17.5 Å². The molecule has 0 aliphatic rings. The van der Waals surface area contributed by atoms with Gasteiger partial charge in [0.1, 0.15) is 5.82 Å². The van der Waals surface area contributed by atoms with Gasteiger partial charge < -0.3 is 11.1 Å². The van der Waals surface area contributed by atoms with Gasteiger partial charge in [0.15, 0.2) is 0 Å². The standard InChI is InChI=1S/C9H12BrFN2/c1-5(13-2)6-3-7(10)9(12)8(11)4-6/h3-5,13H,12H2,1-2H3/t5-/m0/s1. The van der Waals surface area contributed by atoms with Gasteiger partial charge in [-0.2, -0.15) is 0 Å². The van der Waals surface area contributed by atoms with Crippen molar-refractivity contribution in [2.75, 3.05) is 12.8 Å². The number of nitrogens with two attached hydrogens (primary N) is 1. The van der Waals surface area contributed by atoms with Crippen LogP contribution in [0.3, 0.4) is 0 Å². The molecule has 1 rings (SSSR count). The predicted molar refractivity (Wildman–Crippen MR) is 56.0 cm³/mol. The van der Waals surface area contributed by atoms with Crippen LogP contribution in [0.4, 0.5) is 10.1 Å². The second-order valence-corrected chi connectivity index (χ2v) is 3.76. The summed E-state index contributed by atoms with van der Waals surface area (Å²) in [6.07, 6.45) is 0. The fourth-order valence-electron chi connectivity index (χ4n) is 1.02. The van der Waals surface area contributed by atoms with E-state index in [2.05, 4.69) is 21.2 Å². The highest BCUT2D eigenvalue weighted by molar-refractivity contribution is 9.10. The van der Waals surface area contributed by atoms with Crippen molar-refractivity contribution in [1.82, 2.24) is 5.32 Å². The lowest BCUT2D eigenvalue weighted by Gasteiger charge is -2.12. The Morgan fingerprint density at radius 1 is 1.54 bits per heavy atom. The van der Waals surface area contributed by atoms with Gasteiger partial charge in [0, 0.05) is 10.5 Å². The topological polar surface area (TPSA) is 38.0 Å². The van der Waals surface area contributed by atoms with Crippen LogP contribution in [0.15, 0.2) is 16.6 Å². The molecule has 72 valence electrons. The highest BCUT2D eigenvalue weighted by atomic mass is 79.9. The van der Waals surface area contributed by atoms with Crippen molar-refractivity contribution in [1.29, 1.82) is 0 Å². The van der Waals surface area contributed by atoms with Crippen molar-refractivity contribution < 1.29 is 4.39 Å². The van der Waals surface area contributed by atoms with E-state index in [1.54, 1.807) is 0 Å². The third kappa shape index (κ3) is 2.19. The fourth-order valence-corrected chi connectivity index (χ4v) is 1.47. The summed E-state index contributed by atoms with van der Waals surface area (Å²) in [5, 5.41) is 3.03. The Hall–Kier alpha value is -0.610. The first-order valence-electron chi connectivity index (χ1n) is 3.98. The first kappa shape index (κ1) is 10.5. The Kier molecular flexibility index (Phi) is 3.27. The molecule has 0 aliphatic carbocycles. The Bertz CT molecular complexity index is 291. The van der Waals surface area contributed by atoms with Crippen LogP contribution >= 0.6 is 15.9 Å². The van der Waals surface area contributed by atoms with Crippen molar-refractivity contribution in [3.05, 3.63) is 28.0 Å². The molecule has 0 radical (unpaired) electrons. The molecule has 0 unspecified atom stereocenters. The van der Waals surface area contributed by atoms with Crippen LogP contribution in [0.5, 0.6) is 0 Å². The van der Waals surface area contributed by atoms with Crippen LogP contribution in [-0.4, -0.2) is 7.05 Å². The van der Waals surface area contributed by atoms with E-state index < -0.39 is 0 Å². The third-order valence-electron chi connectivity index (χ3n) is 2.03. The largest absolute Gasteiger partial charge is 0.395 e. The molecular formula is C9H12BrFN2. The summed E-state index contributed by atoms with van der Waals surface area (Å²) in [5.74, 6) is -0.383. The van der Waals surface area contributed by atoms with Crippen LogP contribution in [0, 0.1) is 5.82 Å². The van der Waals surface area contributed by atoms with E-state index in [0.29, 0.717) is 4.47 Å². The molecule has 1 atom stereocenters. The van der Waals surface area contributed by atoms with Gasteiger partial charge in [-0.15, -0.1) is 0 Å². The SMILES string of the molecule is CN[C@@H](C)c1cc(F)c(N)c(Br)c1. The van der Waals surface area contributed by atoms with Gasteiger partial charge in [-0.25, -0.2) is 4.39 Å². The van der Waals surface area contributed by atoms with Gasteiger partial charge in [-0.05, 0) is 47.6 Å². The molecule has 0 aromatic heterocycles. The zero-order valence-corrected chi connectivity index (χ0v) is 9.15. The number of halogens is 2. The molecule has 1 aromatic rings. The zero-order chi connectivity index (χ0) is 10.0. The van der Waals surface area contributed by atoms with E-state index in [4.69, 9.17) is 5.73 Å². The highest BCUT2D eigenvalue weighted by Gasteiger charge is 2.09. The molecule has 0 saturated heterocycles. The summed E-state index contributed by atoms with van der Waals surface area (Å²) in [4.78, 5) is 0. The maximum Gasteiger partial charge on any atom is 0.147 e. The van der Waals surface area contributed by atoms with Gasteiger partial charge in [-0.3, -0.25) is 0 Å². The highest BCUT2D eigenvalue weighted by Crippen LogP contribution is 2.26. The van der Waals surface area contributed by atoms with Crippen LogP contribution in [0.1, 0.15) is 18.5 Å². The van der Waals surface area contributed by atoms with Gasteiger partial charge in [0.25, 0.3) is 0 Å². The van der Waals surface area contributed by atoms with Gasteiger partial charge >= 0.3 is 0 Å². The predicted octanol–water partition coefficient (Wildman–Crippen LogP) is 2.45. The zero-order valence-electron chi connectivity index (χ0n) is 7.57. The molecule has 0 heterocycles. The molecule has 2 nitrogen and oxygen atoms in total. The average Bonchev–Trinajstić information content (AvgIpc) is 2.12. The van der Waals surface area contributed by atoms with Crippen molar-refractivity contribution in [2.24, 2.45) is 0 Å². The minimum Gasteiger partial charge on any atom is -0.395 e. The van der Waals surface area contributed by atoms with Gasteiger partial charge in [0.2, 0.25) is 0 Å². The molecule has 0 spiro atoms. The van der Waals surface area contributed by atoms with Gasteiger partial charge in [-0.1, -0.05) is 0 Å². The van der Waals surface area contributed by atoms with Crippen molar-refractivity contribution in [3.63, 3.8) is 0 Å². The van der Waals surface area contributed by atoms with E-state index in [1.807, 2.05) is 20.0 Å². The monoisotopic (exact) mass is 246 g/mol. The summed E-state index contributed by atoms with van der Waals surface area (Å²) >= 11 is 3.20. The number of hydrogen-bond acceptors (Lipinski definition) is 2. The Balaban J connectivity index is 3.13. The Labute approximate surface area is 85.4 Å². The smallest absolute Gasteiger partial charge is 0.147 e. The molecule has 0 bridgehead atoms. The lowest BCUT2D eigenvalue weighted by Crippen LogP contribution is -2.12. The molecule has 4 heteroatoms. The Morgan fingerprint density at radius 2 is 2.15 bits per heavy atom. The first-order valence-corrected chi connectivity index (χ1v) is 4.77. The van der Waals surface area contributed by atoms with E-state index in [1.165, 1.54) is 6.07 Å². The van der Waals surface area contributed by atoms with Crippen molar-refractivity contribution in [2.45, 2.75) is 13.0 Å².